The molecule has 1 aromatic carbocycles. The van der Waals surface area contributed by atoms with Gasteiger partial charge >= 0.3 is 11.9 Å². The third-order valence-corrected chi connectivity index (χ3v) is 3.40. The topological polar surface area (TPSA) is 83.8 Å². The first-order valence-electron chi connectivity index (χ1n) is 7.40. The van der Waals surface area contributed by atoms with E-state index in [-0.39, 0.29) is 30.8 Å². The molecule has 0 amide bonds. The van der Waals surface area contributed by atoms with Gasteiger partial charge in [0.15, 0.2) is 17.4 Å². The molecule has 1 unspecified atom stereocenters. The first kappa shape index (κ1) is 18.9. The molecule has 0 aromatic heterocycles. The minimum absolute atomic E-state index is 0.0527. The Morgan fingerprint density at radius 3 is 2.35 bits per heavy atom. The number of carboxylic acids is 1. The van der Waals surface area contributed by atoms with E-state index in [0.717, 1.165) is 12.1 Å². The fourth-order valence-electron chi connectivity index (χ4n) is 2.23. The molecule has 0 saturated carbocycles. The molecule has 0 saturated heterocycles. The summed E-state index contributed by atoms with van der Waals surface area (Å²) in [5.74, 6) is -5.54. The van der Waals surface area contributed by atoms with E-state index in [1.54, 1.807) is 6.92 Å². The first-order chi connectivity index (χ1) is 10.8. The Bertz CT molecular complexity index is 536. The minimum atomic E-state index is -1.12. The average molecular weight is 330 g/mol. The highest BCUT2D eigenvalue weighted by Gasteiger charge is 2.20. The number of benzene rings is 1. The molecule has 0 aliphatic rings. The molecule has 128 valence electrons. The lowest BCUT2D eigenvalue weighted by Gasteiger charge is -2.13. The number of hydrogen-bond donors (Lipinski definition) is 2. The number of hydrogen-bond acceptors (Lipinski definition) is 4. The van der Waals surface area contributed by atoms with Gasteiger partial charge in [0.1, 0.15) is 0 Å². The van der Waals surface area contributed by atoms with Gasteiger partial charge in [-0.05, 0) is 43.9 Å². The van der Waals surface area contributed by atoms with Crippen LogP contribution in [0.2, 0.25) is 0 Å². The van der Waals surface area contributed by atoms with E-state index in [1.807, 2.05) is 0 Å². The quantitative estimate of drug-likeness (QED) is 0.537. The van der Waals surface area contributed by atoms with Crippen LogP contribution in [0.1, 0.15) is 38.2 Å². The molecule has 5 nitrogen and oxygen atoms in total. The van der Waals surface area contributed by atoms with Gasteiger partial charge in [-0.3, -0.25) is 9.59 Å². The molecule has 1 aromatic rings. The number of aromatic hydroxyl groups is 1. The fraction of sp³-hybridized carbons (Fsp3) is 0.500. The van der Waals surface area contributed by atoms with E-state index in [0.29, 0.717) is 19.4 Å². The van der Waals surface area contributed by atoms with Crippen LogP contribution in [0.25, 0.3) is 0 Å². The van der Waals surface area contributed by atoms with E-state index < -0.39 is 29.3 Å². The second-order valence-corrected chi connectivity index (χ2v) is 5.20. The van der Waals surface area contributed by atoms with E-state index in [2.05, 4.69) is 0 Å². The van der Waals surface area contributed by atoms with Gasteiger partial charge in [-0.1, -0.05) is 6.42 Å². The second kappa shape index (κ2) is 9.07. The molecule has 7 heteroatoms. The van der Waals surface area contributed by atoms with Crippen LogP contribution in [0.15, 0.2) is 12.1 Å². The van der Waals surface area contributed by atoms with Crippen molar-refractivity contribution in [1.29, 1.82) is 0 Å². The van der Waals surface area contributed by atoms with Gasteiger partial charge in [0.25, 0.3) is 0 Å². The lowest BCUT2D eigenvalue weighted by Crippen LogP contribution is -2.17. The zero-order valence-electron chi connectivity index (χ0n) is 12.8. The van der Waals surface area contributed by atoms with Crippen molar-refractivity contribution < 1.29 is 33.3 Å². The summed E-state index contributed by atoms with van der Waals surface area (Å²) in [4.78, 5) is 22.4. The fourth-order valence-corrected chi connectivity index (χ4v) is 2.23. The maximum atomic E-state index is 13.3. The van der Waals surface area contributed by atoms with Crippen LogP contribution >= 0.6 is 0 Å². The van der Waals surface area contributed by atoms with Gasteiger partial charge in [-0.15, -0.1) is 0 Å². The summed E-state index contributed by atoms with van der Waals surface area (Å²) < 4.78 is 31.3. The highest BCUT2D eigenvalue weighted by atomic mass is 19.1. The maximum Gasteiger partial charge on any atom is 0.306 e. The lowest BCUT2D eigenvalue weighted by atomic mass is 9.93. The Kier molecular flexibility index (Phi) is 7.44. The standard InChI is InChI=1S/C16H20F2O5/c1-2-23-14(19)6-4-3-5-11(16(21)22)7-10-8-12(17)15(20)13(18)9-10/h8-9,11,20H,2-7H2,1H3,(H,21,22). The smallest absolute Gasteiger partial charge is 0.306 e. The molecule has 23 heavy (non-hydrogen) atoms. The molecule has 0 aliphatic carbocycles. The Morgan fingerprint density at radius 1 is 1.22 bits per heavy atom. The zero-order chi connectivity index (χ0) is 17.4. The SMILES string of the molecule is CCOC(=O)CCCCC(Cc1cc(F)c(O)c(F)c1)C(=O)O. The van der Waals surface area contributed by atoms with Crippen LogP contribution in [0, 0.1) is 17.6 Å². The van der Waals surface area contributed by atoms with Gasteiger partial charge in [0, 0.05) is 6.42 Å². The number of carbonyl (C=O) groups is 2. The molecule has 1 atom stereocenters. The minimum Gasteiger partial charge on any atom is -0.503 e. The predicted molar refractivity (Wildman–Crippen MR) is 78.0 cm³/mol. The van der Waals surface area contributed by atoms with Crippen LogP contribution in [-0.4, -0.2) is 28.8 Å². The first-order valence-corrected chi connectivity index (χ1v) is 7.40. The van der Waals surface area contributed by atoms with Gasteiger partial charge in [0.05, 0.1) is 12.5 Å². The number of esters is 1. The number of phenolic OH excluding ortho intramolecular Hbond substituents is 1. The largest absolute Gasteiger partial charge is 0.503 e. The highest BCUT2D eigenvalue weighted by Crippen LogP contribution is 2.24. The molecule has 0 heterocycles. The summed E-state index contributed by atoms with van der Waals surface area (Å²) in [5.41, 5.74) is 0.163. The van der Waals surface area contributed by atoms with Gasteiger partial charge in [-0.25, -0.2) is 8.78 Å². The molecule has 0 radical (unpaired) electrons. The van der Waals surface area contributed by atoms with Crippen molar-refractivity contribution in [2.75, 3.05) is 6.61 Å². The molecule has 2 N–H and O–H groups in total. The number of rotatable bonds is 9. The average Bonchev–Trinajstić information content (AvgIpc) is 2.47. The van der Waals surface area contributed by atoms with E-state index in [4.69, 9.17) is 9.84 Å². The number of halogens is 2. The highest BCUT2D eigenvalue weighted by molar-refractivity contribution is 5.70. The van der Waals surface area contributed by atoms with Crippen molar-refractivity contribution >= 4 is 11.9 Å². The molecule has 0 fully saturated rings. The lowest BCUT2D eigenvalue weighted by molar-refractivity contribution is -0.143. The Labute approximate surface area is 132 Å². The van der Waals surface area contributed by atoms with Crippen molar-refractivity contribution in [3.05, 3.63) is 29.3 Å². The molecule has 0 spiro atoms. The molecule has 1 rings (SSSR count). The third kappa shape index (κ3) is 6.22. The number of carboxylic acid groups (broad SMARTS) is 1. The van der Waals surface area contributed by atoms with Crippen LogP contribution in [0.5, 0.6) is 5.75 Å². The summed E-state index contributed by atoms with van der Waals surface area (Å²) in [6.45, 7) is 2.00. The normalized spacial score (nSPS) is 12.0. The number of aliphatic carboxylic acids is 1. The van der Waals surface area contributed by atoms with Crippen LogP contribution in [0.4, 0.5) is 8.78 Å². The summed E-state index contributed by atoms with van der Waals surface area (Å²) in [6, 6.07) is 1.85. The van der Waals surface area contributed by atoms with Crippen molar-refractivity contribution in [2.45, 2.75) is 39.0 Å². The zero-order valence-corrected chi connectivity index (χ0v) is 12.8. The van der Waals surface area contributed by atoms with Gasteiger partial charge in [-0.2, -0.15) is 0 Å². The number of phenols is 1. The number of carbonyl (C=O) groups excluding carboxylic acids is 1. The molecule has 0 bridgehead atoms. The predicted octanol–water partition coefficient (Wildman–Crippen LogP) is 3.04. The summed E-state index contributed by atoms with van der Waals surface area (Å²) in [5, 5.41) is 18.2. The van der Waals surface area contributed by atoms with Crippen LogP contribution in [-0.2, 0) is 20.7 Å². The van der Waals surface area contributed by atoms with E-state index >= 15 is 0 Å². The van der Waals surface area contributed by atoms with Gasteiger partial charge in [0.2, 0.25) is 0 Å². The monoisotopic (exact) mass is 330 g/mol. The maximum absolute atomic E-state index is 13.3. The van der Waals surface area contributed by atoms with E-state index in [9.17, 15) is 23.5 Å². The Hall–Kier alpha value is -2.18. The van der Waals surface area contributed by atoms with Crippen molar-refractivity contribution in [3.8, 4) is 5.75 Å². The summed E-state index contributed by atoms with van der Waals surface area (Å²) in [7, 11) is 0. The summed E-state index contributed by atoms with van der Waals surface area (Å²) in [6.07, 6.45) is 1.41. The Morgan fingerprint density at radius 2 is 1.83 bits per heavy atom. The Balaban J connectivity index is 2.56. The van der Waals surface area contributed by atoms with Crippen molar-refractivity contribution in [3.63, 3.8) is 0 Å². The molecular formula is C16H20F2O5. The number of ether oxygens (including phenoxy) is 1. The van der Waals surface area contributed by atoms with Gasteiger partial charge < -0.3 is 14.9 Å². The van der Waals surface area contributed by atoms with Crippen LogP contribution in [0.3, 0.4) is 0 Å². The summed E-state index contributed by atoms with van der Waals surface area (Å²) >= 11 is 0. The molecule has 0 aliphatic heterocycles. The van der Waals surface area contributed by atoms with Crippen molar-refractivity contribution in [2.24, 2.45) is 5.92 Å². The second-order valence-electron chi connectivity index (χ2n) is 5.20. The third-order valence-electron chi connectivity index (χ3n) is 3.40. The van der Waals surface area contributed by atoms with Crippen molar-refractivity contribution in [1.82, 2.24) is 0 Å². The molecular weight excluding hydrogens is 310 g/mol. The van der Waals surface area contributed by atoms with E-state index in [1.165, 1.54) is 0 Å². The number of unbranched alkanes of at least 4 members (excludes halogenated alkanes) is 1. The van der Waals surface area contributed by atoms with Crippen LogP contribution < -0.4 is 0 Å².